The Morgan fingerprint density at radius 3 is 3.06 bits per heavy atom. The van der Waals surface area contributed by atoms with E-state index in [-0.39, 0.29) is 0 Å². The van der Waals surface area contributed by atoms with Crippen LogP contribution in [0.2, 0.25) is 0 Å². The summed E-state index contributed by atoms with van der Waals surface area (Å²) >= 11 is 5.52. The van der Waals surface area contributed by atoms with Gasteiger partial charge in [-0.15, -0.1) is 0 Å². The number of fused-ring (bicyclic) bond motifs is 1. The van der Waals surface area contributed by atoms with Gasteiger partial charge < -0.3 is 0 Å². The van der Waals surface area contributed by atoms with Crippen LogP contribution in [0.5, 0.6) is 0 Å². The van der Waals surface area contributed by atoms with E-state index in [4.69, 9.17) is 0 Å². The van der Waals surface area contributed by atoms with Crippen LogP contribution in [0, 0.1) is 5.92 Å². The first kappa shape index (κ1) is 11.5. The molecule has 0 spiro atoms. The molecule has 3 nitrogen and oxygen atoms in total. The van der Waals surface area contributed by atoms with Gasteiger partial charge in [-0.25, -0.2) is 9.50 Å². The standard InChI is InChI=1S/C12H14BrN3S/c13-10-1-4-16-12(8-10)14-11(15-16)7-9-2-5-17-6-3-9/h1,4,8-9H,2-3,5-7H2. The van der Waals surface area contributed by atoms with Crippen molar-refractivity contribution in [2.45, 2.75) is 19.3 Å². The zero-order valence-corrected chi connectivity index (χ0v) is 11.9. The van der Waals surface area contributed by atoms with Gasteiger partial charge in [-0.1, -0.05) is 15.9 Å². The summed E-state index contributed by atoms with van der Waals surface area (Å²) in [5.41, 5.74) is 0.930. The van der Waals surface area contributed by atoms with Crippen molar-refractivity contribution in [3.05, 3.63) is 28.6 Å². The monoisotopic (exact) mass is 311 g/mol. The molecule has 1 fully saturated rings. The summed E-state index contributed by atoms with van der Waals surface area (Å²) in [4.78, 5) is 4.58. The first-order valence-electron chi connectivity index (χ1n) is 5.90. The fourth-order valence-electron chi connectivity index (χ4n) is 2.20. The van der Waals surface area contributed by atoms with Gasteiger partial charge in [0, 0.05) is 17.1 Å². The summed E-state index contributed by atoms with van der Waals surface area (Å²) in [6.45, 7) is 0. The number of thioether (sulfide) groups is 1. The van der Waals surface area contributed by atoms with Crippen LogP contribution in [0.3, 0.4) is 0 Å². The van der Waals surface area contributed by atoms with Gasteiger partial charge in [0.05, 0.1) is 0 Å². The fraction of sp³-hybridized carbons (Fsp3) is 0.500. The van der Waals surface area contributed by atoms with Crippen molar-refractivity contribution < 1.29 is 0 Å². The zero-order chi connectivity index (χ0) is 11.7. The molecule has 2 aromatic heterocycles. The van der Waals surface area contributed by atoms with Crippen LogP contribution in [0.4, 0.5) is 0 Å². The molecule has 1 aliphatic rings. The molecule has 90 valence electrons. The largest absolute Gasteiger partial charge is 0.221 e. The molecule has 2 aromatic rings. The second-order valence-corrected chi connectivity index (χ2v) is 6.58. The number of aromatic nitrogens is 3. The first-order chi connectivity index (χ1) is 8.31. The minimum Gasteiger partial charge on any atom is -0.221 e. The van der Waals surface area contributed by atoms with Crippen molar-refractivity contribution in [1.29, 1.82) is 0 Å². The van der Waals surface area contributed by atoms with Crippen LogP contribution in [0.25, 0.3) is 5.65 Å². The SMILES string of the molecule is Brc1ccn2nc(CC3CCSCC3)nc2c1. The molecule has 3 rings (SSSR count). The quantitative estimate of drug-likeness (QED) is 0.853. The zero-order valence-electron chi connectivity index (χ0n) is 9.47. The number of hydrogen-bond acceptors (Lipinski definition) is 3. The molecule has 3 heterocycles. The fourth-order valence-corrected chi connectivity index (χ4v) is 3.73. The Morgan fingerprint density at radius 1 is 1.41 bits per heavy atom. The minimum atomic E-state index is 0.775. The summed E-state index contributed by atoms with van der Waals surface area (Å²) in [6, 6.07) is 4.00. The Balaban J connectivity index is 1.80. The predicted molar refractivity (Wildman–Crippen MR) is 74.4 cm³/mol. The molecule has 1 aliphatic heterocycles. The van der Waals surface area contributed by atoms with Gasteiger partial charge in [-0.05, 0) is 42.4 Å². The summed E-state index contributed by atoms with van der Waals surface area (Å²) in [5.74, 6) is 4.35. The Kier molecular flexibility index (Phi) is 3.38. The van der Waals surface area contributed by atoms with E-state index >= 15 is 0 Å². The van der Waals surface area contributed by atoms with Crippen molar-refractivity contribution in [2.24, 2.45) is 5.92 Å². The van der Waals surface area contributed by atoms with E-state index in [1.165, 1.54) is 24.3 Å². The molecule has 0 atom stereocenters. The van der Waals surface area contributed by atoms with Crippen LogP contribution in [-0.4, -0.2) is 26.1 Å². The van der Waals surface area contributed by atoms with Crippen LogP contribution in [0.15, 0.2) is 22.8 Å². The van der Waals surface area contributed by atoms with Gasteiger partial charge in [-0.3, -0.25) is 0 Å². The van der Waals surface area contributed by atoms with Crippen molar-refractivity contribution in [2.75, 3.05) is 11.5 Å². The van der Waals surface area contributed by atoms with Crippen molar-refractivity contribution in [3.63, 3.8) is 0 Å². The smallest absolute Gasteiger partial charge is 0.156 e. The average Bonchev–Trinajstić information content (AvgIpc) is 2.71. The highest BCUT2D eigenvalue weighted by Crippen LogP contribution is 2.25. The second kappa shape index (κ2) is 4.98. The molecule has 17 heavy (non-hydrogen) atoms. The molecular formula is C12H14BrN3S. The molecule has 0 amide bonds. The normalized spacial score (nSPS) is 17.7. The molecule has 0 N–H and O–H groups in total. The third-order valence-corrected chi connectivity index (χ3v) is 4.70. The van der Waals surface area contributed by atoms with Gasteiger partial charge in [0.15, 0.2) is 11.5 Å². The van der Waals surface area contributed by atoms with Crippen LogP contribution < -0.4 is 0 Å². The number of halogens is 1. The van der Waals surface area contributed by atoms with E-state index in [0.717, 1.165) is 28.3 Å². The predicted octanol–water partition coefficient (Wildman–Crippen LogP) is 3.18. The molecule has 0 bridgehead atoms. The molecule has 1 saturated heterocycles. The summed E-state index contributed by atoms with van der Waals surface area (Å²) in [5, 5.41) is 4.53. The van der Waals surface area contributed by atoms with E-state index in [1.807, 2.05) is 22.8 Å². The van der Waals surface area contributed by atoms with Gasteiger partial charge in [0.2, 0.25) is 0 Å². The van der Waals surface area contributed by atoms with Gasteiger partial charge >= 0.3 is 0 Å². The van der Waals surface area contributed by atoms with Gasteiger partial charge in [-0.2, -0.15) is 16.9 Å². The molecule has 0 radical (unpaired) electrons. The number of rotatable bonds is 2. The number of hydrogen-bond donors (Lipinski definition) is 0. The second-order valence-electron chi connectivity index (χ2n) is 4.44. The first-order valence-corrected chi connectivity index (χ1v) is 7.84. The van der Waals surface area contributed by atoms with E-state index in [1.54, 1.807) is 0 Å². The Morgan fingerprint density at radius 2 is 2.24 bits per heavy atom. The summed E-state index contributed by atoms with van der Waals surface area (Å²) in [7, 11) is 0. The van der Waals surface area contributed by atoms with E-state index in [9.17, 15) is 0 Å². The third-order valence-electron chi connectivity index (χ3n) is 3.16. The minimum absolute atomic E-state index is 0.775. The maximum atomic E-state index is 4.58. The van der Waals surface area contributed by atoms with Crippen molar-refractivity contribution in [1.82, 2.24) is 14.6 Å². The van der Waals surface area contributed by atoms with Gasteiger partial charge in [0.1, 0.15) is 0 Å². The van der Waals surface area contributed by atoms with Crippen molar-refractivity contribution in [3.8, 4) is 0 Å². The Labute approximate surface area is 113 Å². The van der Waals surface area contributed by atoms with Crippen LogP contribution in [-0.2, 0) is 6.42 Å². The van der Waals surface area contributed by atoms with Crippen LogP contribution >= 0.6 is 27.7 Å². The van der Waals surface area contributed by atoms with Crippen molar-refractivity contribution >= 4 is 33.3 Å². The Bertz CT molecular complexity index is 519. The third kappa shape index (κ3) is 2.65. The van der Waals surface area contributed by atoms with Crippen LogP contribution in [0.1, 0.15) is 18.7 Å². The van der Waals surface area contributed by atoms with Gasteiger partial charge in [0.25, 0.3) is 0 Å². The Hall–Kier alpha value is -0.550. The van der Waals surface area contributed by atoms with E-state index in [2.05, 4.69) is 37.8 Å². The average molecular weight is 312 g/mol. The lowest BCUT2D eigenvalue weighted by Crippen LogP contribution is -2.13. The molecule has 0 saturated carbocycles. The highest BCUT2D eigenvalue weighted by Gasteiger charge is 2.16. The van der Waals surface area contributed by atoms with E-state index < -0.39 is 0 Å². The molecule has 5 heteroatoms. The highest BCUT2D eigenvalue weighted by molar-refractivity contribution is 9.10. The lowest BCUT2D eigenvalue weighted by molar-refractivity contribution is 0.476. The van der Waals surface area contributed by atoms with E-state index in [0.29, 0.717) is 0 Å². The lowest BCUT2D eigenvalue weighted by atomic mass is 9.99. The number of pyridine rings is 1. The maximum absolute atomic E-state index is 4.58. The molecular weight excluding hydrogens is 298 g/mol. The summed E-state index contributed by atoms with van der Waals surface area (Å²) < 4.78 is 2.91. The molecule has 0 aromatic carbocycles. The number of nitrogens with zero attached hydrogens (tertiary/aromatic N) is 3. The highest BCUT2D eigenvalue weighted by atomic mass is 79.9. The summed E-state index contributed by atoms with van der Waals surface area (Å²) in [6.07, 6.45) is 5.60. The topological polar surface area (TPSA) is 30.2 Å². The lowest BCUT2D eigenvalue weighted by Gasteiger charge is -2.19. The maximum Gasteiger partial charge on any atom is 0.156 e. The molecule has 0 unspecified atom stereocenters. The molecule has 0 aliphatic carbocycles.